The van der Waals surface area contributed by atoms with Crippen molar-refractivity contribution < 1.29 is 14.6 Å². The van der Waals surface area contributed by atoms with E-state index < -0.39 is 5.97 Å². The lowest BCUT2D eigenvalue weighted by molar-refractivity contribution is 0.0689. The van der Waals surface area contributed by atoms with Crippen LogP contribution in [-0.2, 0) is 6.54 Å². The van der Waals surface area contributed by atoms with E-state index in [1.165, 1.54) is 0 Å². The van der Waals surface area contributed by atoms with E-state index in [0.29, 0.717) is 12.1 Å². The monoisotopic (exact) mass is 426 g/mol. The fourth-order valence-corrected chi connectivity index (χ4v) is 3.96. The first-order chi connectivity index (χ1) is 15.5. The average molecular weight is 427 g/mol. The largest absolute Gasteiger partial charge is 0.497 e. The van der Waals surface area contributed by atoms with Gasteiger partial charge in [0.1, 0.15) is 5.75 Å². The average Bonchev–Trinajstić information content (AvgIpc) is 2.81. The van der Waals surface area contributed by atoms with Gasteiger partial charge in [0, 0.05) is 24.3 Å². The molecule has 0 aliphatic heterocycles. The van der Waals surface area contributed by atoms with Gasteiger partial charge in [0.05, 0.1) is 7.11 Å². The smallest absolute Gasteiger partial charge is 0.354 e. The Kier molecular flexibility index (Phi) is 6.19. The highest BCUT2D eigenvalue weighted by Gasteiger charge is 2.13. The number of hydrogen-bond acceptors (Lipinski definition) is 4. The predicted molar refractivity (Wildman–Crippen MR) is 127 cm³/mol. The summed E-state index contributed by atoms with van der Waals surface area (Å²) < 4.78 is 5.34. The molecular weight excluding hydrogens is 400 g/mol. The Labute approximate surface area is 187 Å². The standard InChI is InChI=1S/C27H26N2O3/c1-17-11-22(16-29-26(17)27(30)31)25-13-19(12-21-7-4-5-10-24(21)25)15-28-18(2)20-8-6-9-23(14-20)32-3/h4-14,16,18,28H,15H2,1-3H3,(H,30,31)/t18-/m1/s1. The molecule has 0 aliphatic rings. The Bertz CT molecular complexity index is 1280. The Morgan fingerprint density at radius 3 is 2.66 bits per heavy atom. The number of fused-ring (bicyclic) bond motifs is 1. The lowest BCUT2D eigenvalue weighted by Gasteiger charge is -2.17. The Hall–Kier alpha value is -3.70. The molecule has 0 fully saturated rings. The lowest BCUT2D eigenvalue weighted by Crippen LogP contribution is -2.18. The zero-order valence-electron chi connectivity index (χ0n) is 18.4. The van der Waals surface area contributed by atoms with Crippen molar-refractivity contribution in [3.8, 4) is 16.9 Å². The van der Waals surface area contributed by atoms with Crippen LogP contribution in [0.25, 0.3) is 21.9 Å². The quantitative estimate of drug-likeness (QED) is 0.393. The number of carbonyl (C=O) groups is 1. The molecule has 5 nitrogen and oxygen atoms in total. The number of methoxy groups -OCH3 is 1. The zero-order valence-corrected chi connectivity index (χ0v) is 18.4. The van der Waals surface area contributed by atoms with E-state index in [9.17, 15) is 9.90 Å². The molecule has 32 heavy (non-hydrogen) atoms. The summed E-state index contributed by atoms with van der Waals surface area (Å²) >= 11 is 0. The molecule has 4 aromatic rings. The van der Waals surface area contributed by atoms with Gasteiger partial charge >= 0.3 is 5.97 Å². The molecule has 4 rings (SSSR count). The van der Waals surface area contributed by atoms with Crippen molar-refractivity contribution in [2.45, 2.75) is 26.4 Å². The maximum absolute atomic E-state index is 11.4. The molecule has 3 aromatic carbocycles. The molecule has 0 saturated heterocycles. The van der Waals surface area contributed by atoms with E-state index in [-0.39, 0.29) is 11.7 Å². The second-order valence-electron chi connectivity index (χ2n) is 7.94. The number of rotatable bonds is 7. The first-order valence-corrected chi connectivity index (χ1v) is 10.6. The van der Waals surface area contributed by atoms with Crippen LogP contribution in [0.1, 0.15) is 40.1 Å². The molecule has 0 unspecified atom stereocenters. The van der Waals surface area contributed by atoms with Crippen LogP contribution in [0.3, 0.4) is 0 Å². The highest BCUT2D eigenvalue weighted by Crippen LogP contribution is 2.31. The molecule has 0 saturated carbocycles. The van der Waals surface area contributed by atoms with Crippen LogP contribution >= 0.6 is 0 Å². The number of pyridine rings is 1. The Morgan fingerprint density at radius 2 is 1.91 bits per heavy atom. The molecule has 0 radical (unpaired) electrons. The minimum Gasteiger partial charge on any atom is -0.497 e. The molecular formula is C27H26N2O3. The van der Waals surface area contributed by atoms with Gasteiger partial charge in [-0.15, -0.1) is 0 Å². The molecule has 0 aliphatic carbocycles. The topological polar surface area (TPSA) is 71.5 Å². The number of carboxylic acid groups (broad SMARTS) is 1. The summed E-state index contributed by atoms with van der Waals surface area (Å²) in [7, 11) is 1.67. The van der Waals surface area contributed by atoms with E-state index in [4.69, 9.17) is 4.74 Å². The molecule has 0 spiro atoms. The number of aromatic carboxylic acids is 1. The summed E-state index contributed by atoms with van der Waals surface area (Å²) in [6.45, 7) is 4.60. The highest BCUT2D eigenvalue weighted by atomic mass is 16.5. The molecule has 0 amide bonds. The van der Waals surface area contributed by atoms with E-state index in [0.717, 1.165) is 38.8 Å². The number of carboxylic acids is 1. The maximum Gasteiger partial charge on any atom is 0.354 e. The Morgan fingerprint density at radius 1 is 1.09 bits per heavy atom. The molecule has 2 N–H and O–H groups in total. The third-order valence-corrected chi connectivity index (χ3v) is 5.72. The number of ether oxygens (including phenoxy) is 1. The number of aromatic nitrogens is 1. The molecule has 162 valence electrons. The lowest BCUT2D eigenvalue weighted by atomic mass is 9.95. The highest BCUT2D eigenvalue weighted by molar-refractivity contribution is 5.97. The summed E-state index contributed by atoms with van der Waals surface area (Å²) in [5, 5.41) is 15.2. The first kappa shape index (κ1) is 21.5. The van der Waals surface area contributed by atoms with Crippen molar-refractivity contribution in [1.29, 1.82) is 0 Å². The summed E-state index contributed by atoms with van der Waals surface area (Å²) in [6, 6.07) is 22.7. The minimum atomic E-state index is -1.01. The second kappa shape index (κ2) is 9.20. The molecule has 1 atom stereocenters. The van der Waals surface area contributed by atoms with Crippen LogP contribution in [0.4, 0.5) is 0 Å². The van der Waals surface area contributed by atoms with Gasteiger partial charge in [0.2, 0.25) is 0 Å². The van der Waals surface area contributed by atoms with Gasteiger partial charge in [-0.05, 0) is 77.2 Å². The van der Waals surface area contributed by atoms with E-state index in [1.807, 2.05) is 36.4 Å². The van der Waals surface area contributed by atoms with Crippen LogP contribution in [-0.4, -0.2) is 23.2 Å². The number of hydrogen-bond donors (Lipinski definition) is 2. The van der Waals surface area contributed by atoms with Crippen molar-refractivity contribution in [1.82, 2.24) is 10.3 Å². The summed E-state index contributed by atoms with van der Waals surface area (Å²) in [6.07, 6.45) is 1.65. The van der Waals surface area contributed by atoms with Crippen LogP contribution < -0.4 is 10.1 Å². The van der Waals surface area contributed by atoms with Crippen LogP contribution in [0, 0.1) is 6.92 Å². The number of aryl methyl sites for hydroxylation is 1. The van der Waals surface area contributed by atoms with Crippen molar-refractivity contribution in [3.05, 3.63) is 95.3 Å². The first-order valence-electron chi connectivity index (χ1n) is 10.6. The molecule has 1 heterocycles. The molecule has 0 bridgehead atoms. The van der Waals surface area contributed by atoms with E-state index in [2.05, 4.69) is 47.6 Å². The maximum atomic E-state index is 11.4. The number of nitrogens with zero attached hydrogens (tertiary/aromatic N) is 1. The molecule has 5 heteroatoms. The van der Waals surface area contributed by atoms with Gasteiger partial charge in [-0.3, -0.25) is 0 Å². The number of benzene rings is 3. The second-order valence-corrected chi connectivity index (χ2v) is 7.94. The normalized spacial score (nSPS) is 12.0. The predicted octanol–water partition coefficient (Wildman–Crippen LogP) is 5.77. The summed E-state index contributed by atoms with van der Waals surface area (Å²) in [4.78, 5) is 15.6. The van der Waals surface area contributed by atoms with Crippen LogP contribution in [0.5, 0.6) is 5.75 Å². The Balaban J connectivity index is 1.66. The van der Waals surface area contributed by atoms with Gasteiger partial charge in [0.25, 0.3) is 0 Å². The van der Waals surface area contributed by atoms with Crippen molar-refractivity contribution in [3.63, 3.8) is 0 Å². The third-order valence-electron chi connectivity index (χ3n) is 5.72. The summed E-state index contributed by atoms with van der Waals surface area (Å²) in [5.41, 5.74) is 4.99. The number of nitrogens with one attached hydrogen (secondary N) is 1. The van der Waals surface area contributed by atoms with Gasteiger partial charge < -0.3 is 15.2 Å². The minimum absolute atomic E-state index is 0.0861. The van der Waals surface area contributed by atoms with Gasteiger partial charge in [-0.2, -0.15) is 0 Å². The van der Waals surface area contributed by atoms with E-state index >= 15 is 0 Å². The summed E-state index contributed by atoms with van der Waals surface area (Å²) in [5.74, 6) is -0.166. The fourth-order valence-electron chi connectivity index (χ4n) is 3.96. The van der Waals surface area contributed by atoms with Crippen molar-refractivity contribution in [2.24, 2.45) is 0 Å². The van der Waals surface area contributed by atoms with Crippen molar-refractivity contribution in [2.75, 3.05) is 7.11 Å². The van der Waals surface area contributed by atoms with Gasteiger partial charge in [0.15, 0.2) is 5.69 Å². The van der Waals surface area contributed by atoms with Gasteiger partial charge in [-0.25, -0.2) is 9.78 Å². The zero-order chi connectivity index (χ0) is 22.7. The van der Waals surface area contributed by atoms with Crippen LogP contribution in [0.2, 0.25) is 0 Å². The molecule has 1 aromatic heterocycles. The van der Waals surface area contributed by atoms with Crippen molar-refractivity contribution >= 4 is 16.7 Å². The van der Waals surface area contributed by atoms with Gasteiger partial charge in [-0.1, -0.05) is 36.4 Å². The third kappa shape index (κ3) is 4.48. The fraction of sp³-hybridized carbons (Fsp3) is 0.185. The van der Waals surface area contributed by atoms with E-state index in [1.54, 1.807) is 20.2 Å². The van der Waals surface area contributed by atoms with Crippen LogP contribution in [0.15, 0.2) is 72.9 Å². The SMILES string of the molecule is COc1cccc([C@@H](C)NCc2cc(-c3cnc(C(=O)O)c(C)c3)c3ccccc3c2)c1.